The minimum atomic E-state index is 0.644. The molecule has 0 saturated heterocycles. The van der Waals surface area contributed by atoms with Gasteiger partial charge in [0.1, 0.15) is 0 Å². The maximum absolute atomic E-state index is 2.53. The smallest absolute Gasteiger partial charge is 0.0182 e. The fourth-order valence-electron chi connectivity index (χ4n) is 5.15. The van der Waals surface area contributed by atoms with Crippen LogP contribution in [0.15, 0.2) is 29.8 Å². The van der Waals surface area contributed by atoms with E-state index in [1.165, 1.54) is 44.9 Å². The van der Waals surface area contributed by atoms with Gasteiger partial charge in [0.25, 0.3) is 0 Å². The zero-order valence-electron chi connectivity index (χ0n) is 12.9. The third-order valence-electron chi connectivity index (χ3n) is 6.51. The highest BCUT2D eigenvalue weighted by molar-refractivity contribution is 5.41. The fraction of sp³-hybridized carbons (Fsp3) is 0.600. The van der Waals surface area contributed by atoms with E-state index in [4.69, 9.17) is 0 Å². The molecule has 0 heteroatoms. The van der Waals surface area contributed by atoms with Crippen LogP contribution in [0.4, 0.5) is 0 Å². The molecule has 3 unspecified atom stereocenters. The average molecular weight is 266 g/mol. The van der Waals surface area contributed by atoms with Gasteiger partial charge in [0.15, 0.2) is 0 Å². The van der Waals surface area contributed by atoms with Crippen LogP contribution in [0.1, 0.15) is 68.6 Å². The van der Waals surface area contributed by atoms with Crippen molar-refractivity contribution in [3.05, 3.63) is 46.5 Å². The zero-order chi connectivity index (χ0) is 13.7. The minimum absolute atomic E-state index is 0.644. The van der Waals surface area contributed by atoms with Crippen LogP contribution >= 0.6 is 0 Å². The quantitative estimate of drug-likeness (QED) is 0.627. The lowest BCUT2D eigenvalue weighted by Crippen LogP contribution is -2.33. The lowest BCUT2D eigenvalue weighted by atomic mass is 9.63. The first-order valence-electron chi connectivity index (χ1n) is 8.50. The Morgan fingerprint density at radius 3 is 2.90 bits per heavy atom. The predicted molar refractivity (Wildman–Crippen MR) is 85.0 cm³/mol. The van der Waals surface area contributed by atoms with E-state index in [9.17, 15) is 0 Å². The number of fused-ring (bicyclic) bond motifs is 4. The fourth-order valence-corrected chi connectivity index (χ4v) is 5.15. The first kappa shape index (κ1) is 12.7. The van der Waals surface area contributed by atoms with Gasteiger partial charge in [0, 0.05) is 0 Å². The molecule has 3 aliphatic rings. The average Bonchev–Trinajstić information content (AvgIpc) is 3.06. The molecule has 106 valence electrons. The monoisotopic (exact) mass is 266 g/mol. The van der Waals surface area contributed by atoms with Gasteiger partial charge in [-0.3, -0.25) is 0 Å². The molecule has 0 aromatic heterocycles. The van der Waals surface area contributed by atoms with Crippen molar-refractivity contribution in [2.75, 3.05) is 0 Å². The van der Waals surface area contributed by atoms with Gasteiger partial charge in [-0.1, -0.05) is 43.7 Å². The third kappa shape index (κ3) is 1.73. The normalized spacial score (nSPS) is 32.3. The lowest BCUT2D eigenvalue weighted by molar-refractivity contribution is 0.168. The molecule has 1 aromatic rings. The zero-order valence-corrected chi connectivity index (χ0v) is 12.9. The summed E-state index contributed by atoms with van der Waals surface area (Å²) in [5.41, 5.74) is 7.45. The van der Waals surface area contributed by atoms with Gasteiger partial charge in [-0.15, -0.1) is 0 Å². The molecule has 1 saturated carbocycles. The van der Waals surface area contributed by atoms with Gasteiger partial charge >= 0.3 is 0 Å². The Kier molecular flexibility index (Phi) is 2.84. The third-order valence-corrected chi connectivity index (χ3v) is 6.51. The summed E-state index contributed by atoms with van der Waals surface area (Å²) in [6.45, 7) is 4.71. The molecule has 3 aliphatic carbocycles. The molecule has 1 fully saturated rings. The van der Waals surface area contributed by atoms with Crippen molar-refractivity contribution in [3.63, 3.8) is 0 Å². The second-order valence-electron chi connectivity index (χ2n) is 7.51. The maximum atomic E-state index is 2.53. The van der Waals surface area contributed by atoms with Crippen molar-refractivity contribution in [2.45, 2.75) is 64.7 Å². The van der Waals surface area contributed by atoms with E-state index in [1.807, 2.05) is 0 Å². The largest absolute Gasteiger partial charge is 0.0850 e. The van der Waals surface area contributed by atoms with Crippen molar-refractivity contribution in [1.82, 2.24) is 0 Å². The maximum Gasteiger partial charge on any atom is -0.0182 e. The van der Waals surface area contributed by atoms with Crippen LogP contribution in [0.25, 0.3) is 0 Å². The number of hydrogen-bond acceptors (Lipinski definition) is 0. The molecule has 0 nitrogen and oxygen atoms in total. The molecule has 1 aromatic carbocycles. The first-order chi connectivity index (χ1) is 9.72. The van der Waals surface area contributed by atoms with Gasteiger partial charge < -0.3 is 0 Å². The van der Waals surface area contributed by atoms with Crippen molar-refractivity contribution in [1.29, 1.82) is 0 Å². The van der Waals surface area contributed by atoms with Crippen LogP contribution in [0, 0.1) is 11.3 Å². The van der Waals surface area contributed by atoms with E-state index in [0.29, 0.717) is 5.41 Å². The predicted octanol–water partition coefficient (Wildman–Crippen LogP) is 5.42. The van der Waals surface area contributed by atoms with Crippen molar-refractivity contribution in [3.8, 4) is 0 Å². The van der Waals surface area contributed by atoms with Crippen molar-refractivity contribution < 1.29 is 0 Å². The van der Waals surface area contributed by atoms with Gasteiger partial charge in [0.05, 0.1) is 0 Å². The highest BCUT2D eigenvalue weighted by atomic mass is 14.5. The molecule has 0 N–H and O–H groups in total. The SMILES string of the molecule is CCC(C)c1cccc2c1CCC1(CC3=CCC1C3)C2. The summed E-state index contributed by atoms with van der Waals surface area (Å²) in [4.78, 5) is 0. The van der Waals surface area contributed by atoms with E-state index in [-0.39, 0.29) is 0 Å². The molecule has 1 spiro atoms. The highest BCUT2D eigenvalue weighted by Crippen LogP contribution is 2.58. The van der Waals surface area contributed by atoms with E-state index < -0.39 is 0 Å². The van der Waals surface area contributed by atoms with Gasteiger partial charge in [-0.25, -0.2) is 0 Å². The van der Waals surface area contributed by atoms with Crippen molar-refractivity contribution in [2.24, 2.45) is 11.3 Å². The molecule has 0 amide bonds. The molecular formula is C20H26. The van der Waals surface area contributed by atoms with Gasteiger partial charge in [0.2, 0.25) is 0 Å². The topological polar surface area (TPSA) is 0 Å². The molecule has 0 aliphatic heterocycles. The van der Waals surface area contributed by atoms with Crippen LogP contribution < -0.4 is 0 Å². The van der Waals surface area contributed by atoms with Gasteiger partial charge in [-0.05, 0) is 78.9 Å². The van der Waals surface area contributed by atoms with Crippen LogP contribution in [-0.2, 0) is 12.8 Å². The highest BCUT2D eigenvalue weighted by Gasteiger charge is 2.48. The summed E-state index contributed by atoms with van der Waals surface area (Å²) in [7, 11) is 0. The Morgan fingerprint density at radius 2 is 2.20 bits per heavy atom. The van der Waals surface area contributed by atoms with E-state index in [0.717, 1.165) is 11.8 Å². The molecular weight excluding hydrogens is 240 g/mol. The first-order valence-corrected chi connectivity index (χ1v) is 8.50. The Hall–Kier alpha value is -1.04. The lowest BCUT2D eigenvalue weighted by Gasteiger charge is -2.41. The van der Waals surface area contributed by atoms with Crippen LogP contribution in [0.5, 0.6) is 0 Å². The Bertz CT molecular complexity index is 565. The standard InChI is InChI=1S/C20H26/c1-3-14(2)18-6-4-5-16-13-20(10-9-19(16)18)12-15-7-8-17(20)11-15/h4-7,14,17H,3,8-13H2,1-2H3. The Balaban J connectivity index is 1.69. The second kappa shape index (κ2) is 4.48. The molecule has 2 bridgehead atoms. The molecule has 3 atom stereocenters. The Morgan fingerprint density at radius 1 is 1.30 bits per heavy atom. The Labute approximate surface area is 123 Å². The van der Waals surface area contributed by atoms with Crippen LogP contribution in [0.3, 0.4) is 0 Å². The molecule has 20 heavy (non-hydrogen) atoms. The van der Waals surface area contributed by atoms with Crippen LogP contribution in [0.2, 0.25) is 0 Å². The summed E-state index contributed by atoms with van der Waals surface area (Å²) in [5.74, 6) is 1.69. The molecule has 0 radical (unpaired) electrons. The molecule has 4 rings (SSSR count). The van der Waals surface area contributed by atoms with E-state index >= 15 is 0 Å². The van der Waals surface area contributed by atoms with Crippen molar-refractivity contribution >= 4 is 0 Å². The van der Waals surface area contributed by atoms with Gasteiger partial charge in [-0.2, -0.15) is 0 Å². The second-order valence-corrected chi connectivity index (χ2v) is 7.51. The molecule has 0 heterocycles. The number of allylic oxidation sites excluding steroid dienone is 2. The summed E-state index contributed by atoms with van der Waals surface area (Å²) < 4.78 is 0. The van der Waals surface area contributed by atoms with E-state index in [2.05, 4.69) is 38.1 Å². The number of benzene rings is 1. The minimum Gasteiger partial charge on any atom is -0.0850 e. The number of rotatable bonds is 2. The van der Waals surface area contributed by atoms with E-state index in [1.54, 1.807) is 22.3 Å². The van der Waals surface area contributed by atoms with Crippen LogP contribution in [-0.4, -0.2) is 0 Å². The summed E-state index contributed by atoms with van der Waals surface area (Å²) in [6.07, 6.45) is 12.1. The number of hydrogen-bond donors (Lipinski definition) is 0. The summed E-state index contributed by atoms with van der Waals surface area (Å²) >= 11 is 0. The summed E-state index contributed by atoms with van der Waals surface area (Å²) in [6, 6.07) is 7.11. The summed E-state index contributed by atoms with van der Waals surface area (Å²) in [5, 5.41) is 0.